The second-order valence-electron chi connectivity index (χ2n) is 7.07. The Balaban J connectivity index is 1.43. The van der Waals surface area contributed by atoms with Crippen molar-refractivity contribution in [3.8, 4) is 0 Å². The Kier molecular flexibility index (Phi) is 5.24. The fourth-order valence-corrected chi connectivity index (χ4v) is 3.71. The van der Waals surface area contributed by atoms with Crippen LogP contribution in [0.5, 0.6) is 0 Å². The van der Waals surface area contributed by atoms with E-state index in [-0.39, 0.29) is 12.0 Å². The minimum Gasteiger partial charge on any atom is -0.459 e. The molecule has 1 N–H and O–H groups in total. The predicted octanol–water partition coefficient (Wildman–Crippen LogP) is 1.38. The molecule has 4 rings (SSSR count). The van der Waals surface area contributed by atoms with Gasteiger partial charge in [0.05, 0.1) is 12.4 Å². The number of furan rings is 1. The lowest BCUT2D eigenvalue weighted by Crippen LogP contribution is -2.39. The maximum atomic E-state index is 12.5. The summed E-state index contributed by atoms with van der Waals surface area (Å²) in [5.41, 5.74) is 0. The van der Waals surface area contributed by atoms with Gasteiger partial charge in [0.25, 0.3) is 5.91 Å². The van der Waals surface area contributed by atoms with Gasteiger partial charge in [0.15, 0.2) is 5.76 Å². The molecule has 0 radical (unpaired) electrons. The highest BCUT2D eigenvalue weighted by atomic mass is 16.3. The Morgan fingerprint density at radius 3 is 2.81 bits per heavy atom. The first-order valence-corrected chi connectivity index (χ1v) is 9.54. The number of carbonyl (C=O) groups excluding carboxylic acids is 1. The number of aliphatic hydroxyl groups excluding tert-OH is 1. The van der Waals surface area contributed by atoms with Gasteiger partial charge in [-0.1, -0.05) is 0 Å². The van der Waals surface area contributed by atoms with E-state index in [0.717, 1.165) is 38.2 Å². The number of aromatic nitrogens is 2. The Morgan fingerprint density at radius 2 is 2.00 bits per heavy atom. The van der Waals surface area contributed by atoms with Crippen LogP contribution in [0.25, 0.3) is 0 Å². The molecule has 0 unspecified atom stereocenters. The number of carbonyl (C=O) groups is 1. The number of β-amino-alcohol motifs (C(OH)–C–C–N with tert-alkyl or cyclic N) is 1. The maximum Gasteiger partial charge on any atom is 0.289 e. The zero-order chi connectivity index (χ0) is 18.6. The summed E-state index contributed by atoms with van der Waals surface area (Å²) in [6.45, 7) is 4.29. The van der Waals surface area contributed by atoms with Crippen LogP contribution in [-0.2, 0) is 0 Å². The van der Waals surface area contributed by atoms with E-state index in [1.54, 1.807) is 18.3 Å². The fourth-order valence-electron chi connectivity index (χ4n) is 3.71. The molecule has 1 amide bonds. The molecule has 0 aromatic carbocycles. The molecule has 2 aromatic heterocycles. The topological polar surface area (TPSA) is 85.9 Å². The number of hydrogen-bond acceptors (Lipinski definition) is 7. The van der Waals surface area contributed by atoms with Gasteiger partial charge in [0.2, 0.25) is 5.95 Å². The highest BCUT2D eigenvalue weighted by molar-refractivity contribution is 5.91. The molecular formula is C19H25N5O3. The van der Waals surface area contributed by atoms with E-state index in [9.17, 15) is 9.90 Å². The van der Waals surface area contributed by atoms with Gasteiger partial charge in [0.1, 0.15) is 5.82 Å². The molecule has 2 fully saturated rings. The Morgan fingerprint density at radius 1 is 1.11 bits per heavy atom. The van der Waals surface area contributed by atoms with Crippen molar-refractivity contribution in [1.29, 1.82) is 0 Å². The summed E-state index contributed by atoms with van der Waals surface area (Å²) < 4.78 is 5.24. The SMILES string of the molecule is O=C(c1ccco1)N1CCCN(c2nccc(N3CCC[C@@H](O)C3)n2)CC1. The van der Waals surface area contributed by atoms with Crippen LogP contribution < -0.4 is 9.80 Å². The molecule has 0 spiro atoms. The highest BCUT2D eigenvalue weighted by Crippen LogP contribution is 2.21. The fraction of sp³-hybridized carbons (Fsp3) is 0.526. The van der Waals surface area contributed by atoms with Gasteiger partial charge in [0, 0.05) is 45.5 Å². The van der Waals surface area contributed by atoms with Crippen molar-refractivity contribution in [3.05, 3.63) is 36.4 Å². The molecule has 0 bridgehead atoms. The summed E-state index contributed by atoms with van der Waals surface area (Å²) in [5.74, 6) is 1.84. The molecule has 1 atom stereocenters. The molecule has 8 heteroatoms. The molecule has 144 valence electrons. The number of piperidine rings is 1. The number of nitrogens with zero attached hydrogens (tertiary/aromatic N) is 5. The number of aliphatic hydroxyl groups is 1. The van der Waals surface area contributed by atoms with Crippen LogP contribution in [0.3, 0.4) is 0 Å². The van der Waals surface area contributed by atoms with Gasteiger partial charge in [-0.25, -0.2) is 4.98 Å². The van der Waals surface area contributed by atoms with E-state index in [1.165, 1.54) is 6.26 Å². The third-order valence-electron chi connectivity index (χ3n) is 5.15. The monoisotopic (exact) mass is 371 g/mol. The molecule has 8 nitrogen and oxygen atoms in total. The van der Waals surface area contributed by atoms with Gasteiger partial charge in [-0.15, -0.1) is 0 Å². The van der Waals surface area contributed by atoms with Crippen molar-refractivity contribution in [2.45, 2.75) is 25.4 Å². The lowest BCUT2D eigenvalue weighted by molar-refractivity contribution is 0.0735. The van der Waals surface area contributed by atoms with E-state index in [2.05, 4.69) is 14.8 Å². The van der Waals surface area contributed by atoms with Crippen molar-refractivity contribution in [2.75, 3.05) is 49.1 Å². The predicted molar refractivity (Wildman–Crippen MR) is 101 cm³/mol. The Labute approximate surface area is 158 Å². The van der Waals surface area contributed by atoms with Crippen molar-refractivity contribution < 1.29 is 14.3 Å². The molecule has 2 aliphatic rings. The average molecular weight is 371 g/mol. The zero-order valence-corrected chi connectivity index (χ0v) is 15.3. The minimum atomic E-state index is -0.295. The van der Waals surface area contributed by atoms with Gasteiger partial charge in [-0.2, -0.15) is 4.98 Å². The molecule has 2 aliphatic heterocycles. The van der Waals surface area contributed by atoms with Crippen LogP contribution in [0.4, 0.5) is 11.8 Å². The Bertz CT molecular complexity index is 766. The molecule has 4 heterocycles. The molecule has 2 aromatic rings. The van der Waals surface area contributed by atoms with E-state index in [4.69, 9.17) is 9.40 Å². The van der Waals surface area contributed by atoms with E-state index in [1.807, 2.05) is 11.0 Å². The van der Waals surface area contributed by atoms with Crippen LogP contribution in [-0.4, -0.2) is 71.3 Å². The first-order valence-electron chi connectivity index (χ1n) is 9.54. The maximum absolute atomic E-state index is 12.5. The minimum absolute atomic E-state index is 0.0705. The van der Waals surface area contributed by atoms with Crippen molar-refractivity contribution in [3.63, 3.8) is 0 Å². The van der Waals surface area contributed by atoms with Gasteiger partial charge >= 0.3 is 0 Å². The lowest BCUT2D eigenvalue weighted by atomic mass is 10.1. The third-order valence-corrected chi connectivity index (χ3v) is 5.15. The molecule has 2 saturated heterocycles. The number of amides is 1. The molecule has 0 aliphatic carbocycles. The van der Waals surface area contributed by atoms with E-state index >= 15 is 0 Å². The first kappa shape index (κ1) is 17.8. The number of hydrogen-bond donors (Lipinski definition) is 1. The van der Waals surface area contributed by atoms with Crippen LogP contribution in [0.15, 0.2) is 35.1 Å². The van der Waals surface area contributed by atoms with Crippen molar-refractivity contribution in [1.82, 2.24) is 14.9 Å². The molecular weight excluding hydrogens is 346 g/mol. The van der Waals surface area contributed by atoms with Crippen molar-refractivity contribution >= 4 is 17.7 Å². The summed E-state index contributed by atoms with van der Waals surface area (Å²) in [7, 11) is 0. The van der Waals surface area contributed by atoms with Crippen LogP contribution in [0.1, 0.15) is 29.8 Å². The van der Waals surface area contributed by atoms with Crippen LogP contribution in [0, 0.1) is 0 Å². The summed E-state index contributed by atoms with van der Waals surface area (Å²) >= 11 is 0. The lowest BCUT2D eigenvalue weighted by Gasteiger charge is -2.31. The van der Waals surface area contributed by atoms with Crippen molar-refractivity contribution in [2.24, 2.45) is 0 Å². The third kappa shape index (κ3) is 4.05. The molecule has 27 heavy (non-hydrogen) atoms. The Hall–Kier alpha value is -2.61. The van der Waals surface area contributed by atoms with Gasteiger partial charge in [-0.3, -0.25) is 4.79 Å². The largest absolute Gasteiger partial charge is 0.459 e. The van der Waals surface area contributed by atoms with E-state index < -0.39 is 0 Å². The standard InChI is InChI=1S/C19H25N5O3/c25-15-4-1-8-24(14-15)17-6-7-20-19(21-17)23-10-3-9-22(11-12-23)18(26)16-5-2-13-27-16/h2,5-7,13,15,25H,1,3-4,8-12,14H2/t15-/m1/s1. The second kappa shape index (κ2) is 7.96. The first-order chi connectivity index (χ1) is 13.2. The summed E-state index contributed by atoms with van der Waals surface area (Å²) in [6.07, 6.45) is 5.66. The highest BCUT2D eigenvalue weighted by Gasteiger charge is 2.24. The second-order valence-corrected chi connectivity index (χ2v) is 7.07. The zero-order valence-electron chi connectivity index (χ0n) is 15.3. The molecule has 0 saturated carbocycles. The van der Waals surface area contributed by atoms with Crippen LogP contribution in [0.2, 0.25) is 0 Å². The number of anilines is 2. The quantitative estimate of drug-likeness (QED) is 0.872. The summed E-state index contributed by atoms with van der Waals surface area (Å²) in [6, 6.07) is 5.32. The van der Waals surface area contributed by atoms with Gasteiger partial charge < -0.3 is 24.2 Å². The van der Waals surface area contributed by atoms with Crippen LogP contribution >= 0.6 is 0 Å². The van der Waals surface area contributed by atoms with E-state index in [0.29, 0.717) is 37.9 Å². The summed E-state index contributed by atoms with van der Waals surface area (Å²) in [4.78, 5) is 27.7. The smallest absolute Gasteiger partial charge is 0.289 e. The number of rotatable bonds is 3. The normalized spacial score (nSPS) is 21.2. The average Bonchev–Trinajstić information content (AvgIpc) is 3.12. The van der Waals surface area contributed by atoms with Gasteiger partial charge in [-0.05, 0) is 37.5 Å². The summed E-state index contributed by atoms with van der Waals surface area (Å²) in [5, 5.41) is 9.92.